The van der Waals surface area contributed by atoms with Crippen LogP contribution in [-0.2, 0) is 0 Å². The first-order chi connectivity index (χ1) is 14.5. The molecular weight excluding hydrogens is 407 g/mol. The van der Waals surface area contributed by atoms with E-state index in [1.54, 1.807) is 36.4 Å². The van der Waals surface area contributed by atoms with Crippen LogP contribution in [0.1, 0.15) is 27.4 Å². The van der Waals surface area contributed by atoms with Crippen LogP contribution in [-0.4, -0.2) is 5.97 Å². The molecule has 0 radical (unpaired) electrons. The van der Waals surface area contributed by atoms with Crippen LogP contribution in [0.2, 0.25) is 5.02 Å². The number of nitrogens with two attached hydrogens (primary N) is 1. The average molecular weight is 421 g/mol. The maximum atomic E-state index is 13.8. The van der Waals surface area contributed by atoms with Gasteiger partial charge >= 0.3 is 5.97 Å². The van der Waals surface area contributed by atoms with E-state index in [4.69, 9.17) is 26.8 Å². The molecule has 1 aliphatic rings. The van der Waals surface area contributed by atoms with Crippen molar-refractivity contribution in [3.05, 3.63) is 106 Å². The molecule has 5 nitrogen and oxygen atoms in total. The average Bonchev–Trinajstić information content (AvgIpc) is 2.73. The summed E-state index contributed by atoms with van der Waals surface area (Å²) < 4.78 is 24.7. The molecule has 2 N–H and O–H groups in total. The number of ether oxygens (including phenoxy) is 2. The Morgan fingerprint density at radius 1 is 1.10 bits per heavy atom. The summed E-state index contributed by atoms with van der Waals surface area (Å²) >= 11 is 6.36. The normalized spacial score (nSPS) is 15.0. The fourth-order valence-corrected chi connectivity index (χ4v) is 3.56. The van der Waals surface area contributed by atoms with Gasteiger partial charge in [-0.1, -0.05) is 48.0 Å². The Bertz CT molecular complexity index is 1230. The van der Waals surface area contributed by atoms with Crippen molar-refractivity contribution in [3.8, 4) is 17.6 Å². The number of nitriles is 1. The van der Waals surface area contributed by atoms with Crippen molar-refractivity contribution in [2.24, 2.45) is 5.73 Å². The molecule has 7 heteroatoms. The van der Waals surface area contributed by atoms with Gasteiger partial charge in [0.1, 0.15) is 29.0 Å². The Morgan fingerprint density at radius 3 is 2.57 bits per heavy atom. The molecule has 0 fully saturated rings. The van der Waals surface area contributed by atoms with Crippen LogP contribution in [0.3, 0.4) is 0 Å². The second-order valence-corrected chi connectivity index (χ2v) is 6.92. The predicted molar refractivity (Wildman–Crippen MR) is 109 cm³/mol. The van der Waals surface area contributed by atoms with E-state index in [1.165, 1.54) is 24.3 Å². The highest BCUT2D eigenvalue weighted by molar-refractivity contribution is 6.31. The van der Waals surface area contributed by atoms with Gasteiger partial charge in [-0.05, 0) is 29.8 Å². The zero-order valence-electron chi connectivity index (χ0n) is 15.4. The fraction of sp³-hybridized carbons (Fsp3) is 0.0435. The quantitative estimate of drug-likeness (QED) is 0.480. The van der Waals surface area contributed by atoms with Crippen molar-refractivity contribution in [3.63, 3.8) is 0 Å². The lowest BCUT2D eigenvalue weighted by Crippen LogP contribution is -2.21. The molecular formula is C23H14ClFN2O3. The van der Waals surface area contributed by atoms with Crippen LogP contribution < -0.4 is 15.2 Å². The number of allylic oxidation sites excluding steroid dienone is 1. The summed E-state index contributed by atoms with van der Waals surface area (Å²) in [6.45, 7) is 0. The summed E-state index contributed by atoms with van der Waals surface area (Å²) in [7, 11) is 0. The third kappa shape index (κ3) is 3.47. The lowest BCUT2D eigenvalue weighted by molar-refractivity contribution is 0.0729. The summed E-state index contributed by atoms with van der Waals surface area (Å²) in [6, 6.07) is 19.4. The fourth-order valence-electron chi connectivity index (χ4n) is 3.32. The lowest BCUT2D eigenvalue weighted by atomic mass is 9.83. The van der Waals surface area contributed by atoms with Crippen molar-refractivity contribution in [1.29, 1.82) is 5.26 Å². The Balaban J connectivity index is 1.73. The molecule has 148 valence electrons. The van der Waals surface area contributed by atoms with Gasteiger partial charge in [0.2, 0.25) is 5.88 Å². The minimum absolute atomic E-state index is 0.0625. The van der Waals surface area contributed by atoms with Crippen LogP contribution in [0.5, 0.6) is 11.5 Å². The van der Waals surface area contributed by atoms with Gasteiger partial charge in [0.15, 0.2) is 0 Å². The molecule has 3 aromatic rings. The number of benzene rings is 3. The smallest absolute Gasteiger partial charge is 0.346 e. The SMILES string of the molecule is N#CC1=C(N)Oc2cc(OC(=O)c3ccccc3F)ccc2C1c1ccccc1Cl. The zero-order chi connectivity index (χ0) is 21.3. The zero-order valence-corrected chi connectivity index (χ0v) is 16.2. The molecule has 0 saturated heterocycles. The molecule has 0 saturated carbocycles. The molecule has 0 aliphatic carbocycles. The number of carbonyl (C=O) groups excluding carboxylic acids is 1. The molecule has 0 amide bonds. The van der Waals surface area contributed by atoms with E-state index >= 15 is 0 Å². The first kappa shape index (κ1) is 19.5. The Kier molecular flexibility index (Phi) is 5.13. The summed E-state index contributed by atoms with van der Waals surface area (Å²) in [5.74, 6) is -1.66. The monoisotopic (exact) mass is 420 g/mol. The molecule has 1 heterocycles. The third-order valence-corrected chi connectivity index (χ3v) is 5.06. The van der Waals surface area contributed by atoms with Crippen molar-refractivity contribution in [2.75, 3.05) is 0 Å². The van der Waals surface area contributed by atoms with Crippen LogP contribution in [0.4, 0.5) is 4.39 Å². The van der Waals surface area contributed by atoms with Gasteiger partial charge in [0, 0.05) is 16.7 Å². The Morgan fingerprint density at radius 2 is 1.83 bits per heavy atom. The molecule has 30 heavy (non-hydrogen) atoms. The van der Waals surface area contributed by atoms with Gasteiger partial charge in [-0.25, -0.2) is 9.18 Å². The third-order valence-electron chi connectivity index (χ3n) is 4.71. The molecule has 3 aromatic carbocycles. The topological polar surface area (TPSA) is 85.3 Å². The minimum Gasteiger partial charge on any atom is -0.440 e. The van der Waals surface area contributed by atoms with Gasteiger partial charge in [0.25, 0.3) is 0 Å². The van der Waals surface area contributed by atoms with Gasteiger partial charge in [-0.3, -0.25) is 0 Å². The van der Waals surface area contributed by atoms with Gasteiger partial charge in [-0.15, -0.1) is 0 Å². The van der Waals surface area contributed by atoms with Crippen molar-refractivity contribution < 1.29 is 18.7 Å². The number of hydrogen-bond donors (Lipinski definition) is 1. The van der Waals surface area contributed by atoms with Crippen molar-refractivity contribution in [1.82, 2.24) is 0 Å². The summed E-state index contributed by atoms with van der Waals surface area (Å²) in [4.78, 5) is 12.3. The van der Waals surface area contributed by atoms with E-state index in [0.29, 0.717) is 21.9 Å². The van der Waals surface area contributed by atoms with E-state index in [9.17, 15) is 14.4 Å². The number of esters is 1. The molecule has 0 spiro atoms. The molecule has 1 atom stereocenters. The number of hydrogen-bond acceptors (Lipinski definition) is 5. The second-order valence-electron chi connectivity index (χ2n) is 6.52. The molecule has 0 aromatic heterocycles. The van der Waals surface area contributed by atoms with Crippen molar-refractivity contribution >= 4 is 17.6 Å². The maximum absolute atomic E-state index is 13.8. The first-order valence-electron chi connectivity index (χ1n) is 8.92. The highest BCUT2D eigenvalue weighted by Gasteiger charge is 2.32. The van der Waals surface area contributed by atoms with Crippen LogP contribution in [0, 0.1) is 17.1 Å². The van der Waals surface area contributed by atoms with Gasteiger partial charge < -0.3 is 15.2 Å². The number of carbonyl (C=O) groups is 1. The molecule has 1 aliphatic heterocycles. The maximum Gasteiger partial charge on any atom is 0.346 e. The van der Waals surface area contributed by atoms with Crippen LogP contribution in [0.15, 0.2) is 78.2 Å². The molecule has 4 rings (SSSR count). The summed E-state index contributed by atoms with van der Waals surface area (Å²) in [6.07, 6.45) is 0. The second kappa shape index (κ2) is 7.90. The minimum atomic E-state index is -0.840. The van der Waals surface area contributed by atoms with Crippen molar-refractivity contribution in [2.45, 2.75) is 5.92 Å². The molecule has 1 unspecified atom stereocenters. The summed E-state index contributed by atoms with van der Waals surface area (Å²) in [5.41, 5.74) is 7.36. The lowest BCUT2D eigenvalue weighted by Gasteiger charge is -2.27. The van der Waals surface area contributed by atoms with E-state index in [-0.39, 0.29) is 22.8 Å². The number of rotatable bonds is 3. The Labute approximate surface area is 176 Å². The van der Waals surface area contributed by atoms with E-state index in [2.05, 4.69) is 6.07 Å². The van der Waals surface area contributed by atoms with Gasteiger partial charge in [-0.2, -0.15) is 5.26 Å². The largest absolute Gasteiger partial charge is 0.440 e. The number of fused-ring (bicyclic) bond motifs is 1. The highest BCUT2D eigenvalue weighted by Crippen LogP contribution is 2.45. The van der Waals surface area contributed by atoms with Crippen LogP contribution in [0.25, 0.3) is 0 Å². The number of halogens is 2. The number of nitrogens with zero attached hydrogens (tertiary/aromatic N) is 1. The Hall–Kier alpha value is -3.82. The predicted octanol–water partition coefficient (Wildman–Crippen LogP) is 4.92. The van der Waals surface area contributed by atoms with E-state index in [1.807, 2.05) is 6.07 Å². The summed E-state index contributed by atoms with van der Waals surface area (Å²) in [5, 5.41) is 10.1. The van der Waals surface area contributed by atoms with Crippen LogP contribution >= 0.6 is 11.6 Å². The standard InChI is InChI=1S/C23H14ClFN2O3/c24-18-7-3-1-5-14(18)21-16-10-9-13(11-20(16)30-22(27)17(21)12-26)29-23(28)15-6-2-4-8-19(15)25/h1-11,21H,27H2. The highest BCUT2D eigenvalue weighted by atomic mass is 35.5. The van der Waals surface area contributed by atoms with E-state index < -0.39 is 17.7 Å². The van der Waals surface area contributed by atoms with E-state index in [0.717, 1.165) is 0 Å². The first-order valence-corrected chi connectivity index (χ1v) is 9.30. The molecule has 0 bridgehead atoms. The van der Waals surface area contributed by atoms with Gasteiger partial charge in [0.05, 0.1) is 11.5 Å².